The van der Waals surface area contributed by atoms with E-state index >= 15 is 0 Å². The molecule has 2 fully saturated rings. The van der Waals surface area contributed by atoms with Crippen LogP contribution in [0.15, 0.2) is 30.5 Å². The molecular weight excluding hydrogens is 496 g/mol. The first kappa shape index (κ1) is 28.7. The minimum Gasteiger partial charge on any atom is -0.493 e. The number of ether oxygens (including phenoxy) is 3. The summed E-state index contributed by atoms with van der Waals surface area (Å²) >= 11 is 0. The molecule has 9 heteroatoms. The number of pyridine rings is 1. The molecule has 4 rings (SSSR count). The number of aliphatic hydroxyl groups is 1. The van der Waals surface area contributed by atoms with Crippen LogP contribution in [-0.4, -0.2) is 72.7 Å². The zero-order valence-electron chi connectivity index (χ0n) is 23.9. The van der Waals surface area contributed by atoms with E-state index in [2.05, 4.69) is 41.9 Å². The standard InChI is InChI=1S/C30H40N4O5/c1-7-30(5)19-34(28(35)10-11-38-29(3,4)36)18-24(30)21-8-9-25(37-6)26(12-21)39-23-16-33(17-23)27-13-22(14-31)20(2)15-32-27/h8-9,12-13,15,23-24,36H,7,10-11,16-19H2,1-6H3. The highest BCUT2D eigenvalue weighted by Gasteiger charge is 2.44. The Balaban J connectivity index is 1.44. The molecule has 0 aliphatic carbocycles. The summed E-state index contributed by atoms with van der Waals surface area (Å²) in [5, 5.41) is 19.1. The summed E-state index contributed by atoms with van der Waals surface area (Å²) in [4.78, 5) is 21.5. The summed E-state index contributed by atoms with van der Waals surface area (Å²) in [6.07, 6.45) is 2.86. The van der Waals surface area contributed by atoms with Gasteiger partial charge in [0.25, 0.3) is 0 Å². The molecule has 2 unspecified atom stereocenters. The average molecular weight is 537 g/mol. The maximum absolute atomic E-state index is 13.0. The van der Waals surface area contributed by atoms with Crippen LogP contribution in [0, 0.1) is 23.7 Å². The molecule has 210 valence electrons. The van der Waals surface area contributed by atoms with Crippen molar-refractivity contribution in [1.29, 1.82) is 5.26 Å². The lowest BCUT2D eigenvalue weighted by Gasteiger charge is -2.40. The molecule has 39 heavy (non-hydrogen) atoms. The molecule has 0 radical (unpaired) electrons. The summed E-state index contributed by atoms with van der Waals surface area (Å²) in [5.74, 6) is 1.07. The Kier molecular flexibility index (Phi) is 8.38. The molecule has 2 saturated heterocycles. The van der Waals surface area contributed by atoms with Gasteiger partial charge < -0.3 is 29.1 Å². The number of hydrogen-bond donors (Lipinski definition) is 1. The molecule has 2 aliphatic heterocycles. The highest BCUT2D eigenvalue weighted by atomic mass is 16.6. The number of carbonyl (C=O) groups is 1. The molecule has 0 bridgehead atoms. The normalized spacial score (nSPS) is 21.4. The van der Waals surface area contributed by atoms with Gasteiger partial charge in [0, 0.05) is 25.2 Å². The highest BCUT2D eigenvalue weighted by Crippen LogP contribution is 2.47. The predicted molar refractivity (Wildman–Crippen MR) is 148 cm³/mol. The summed E-state index contributed by atoms with van der Waals surface area (Å²) in [6.45, 7) is 12.2. The van der Waals surface area contributed by atoms with Gasteiger partial charge in [-0.2, -0.15) is 5.26 Å². The third kappa shape index (κ3) is 6.45. The zero-order chi connectivity index (χ0) is 28.4. The van der Waals surface area contributed by atoms with Crippen molar-refractivity contribution in [3.8, 4) is 17.6 Å². The smallest absolute Gasteiger partial charge is 0.224 e. The van der Waals surface area contributed by atoms with Crippen molar-refractivity contribution in [3.63, 3.8) is 0 Å². The quantitative estimate of drug-likeness (QED) is 0.454. The number of hydrogen-bond acceptors (Lipinski definition) is 8. The van der Waals surface area contributed by atoms with Crippen LogP contribution >= 0.6 is 0 Å². The zero-order valence-corrected chi connectivity index (χ0v) is 23.9. The third-order valence-corrected chi connectivity index (χ3v) is 7.99. The van der Waals surface area contributed by atoms with Gasteiger partial charge in [-0.15, -0.1) is 0 Å². The second kappa shape index (κ2) is 11.4. The van der Waals surface area contributed by atoms with Crippen LogP contribution in [0.5, 0.6) is 11.5 Å². The Bertz CT molecular complexity index is 1230. The fourth-order valence-corrected chi connectivity index (χ4v) is 5.34. The van der Waals surface area contributed by atoms with Crippen molar-refractivity contribution in [2.75, 3.05) is 44.8 Å². The maximum atomic E-state index is 13.0. The van der Waals surface area contributed by atoms with Crippen LogP contribution in [0.3, 0.4) is 0 Å². The molecule has 3 heterocycles. The lowest BCUT2D eigenvalue weighted by Crippen LogP contribution is -2.54. The van der Waals surface area contributed by atoms with E-state index in [9.17, 15) is 15.2 Å². The summed E-state index contributed by atoms with van der Waals surface area (Å²) in [7, 11) is 1.64. The molecule has 9 nitrogen and oxygen atoms in total. The number of methoxy groups -OCH3 is 1. The number of aryl methyl sites for hydroxylation is 1. The minimum absolute atomic E-state index is 0.0298. The van der Waals surface area contributed by atoms with E-state index < -0.39 is 5.79 Å². The molecule has 1 aromatic carbocycles. The molecule has 1 N–H and O–H groups in total. The van der Waals surface area contributed by atoms with Crippen molar-refractivity contribution in [2.24, 2.45) is 5.41 Å². The van der Waals surface area contributed by atoms with Gasteiger partial charge in [0.2, 0.25) is 5.91 Å². The number of nitriles is 1. The van der Waals surface area contributed by atoms with Gasteiger partial charge in [-0.3, -0.25) is 4.79 Å². The number of anilines is 1. The van der Waals surface area contributed by atoms with Gasteiger partial charge in [-0.25, -0.2) is 4.98 Å². The van der Waals surface area contributed by atoms with Crippen molar-refractivity contribution in [2.45, 2.75) is 65.3 Å². The molecular formula is C30H40N4O5. The van der Waals surface area contributed by atoms with Crippen LogP contribution in [0.4, 0.5) is 5.82 Å². The molecule has 0 spiro atoms. The first-order valence-corrected chi connectivity index (χ1v) is 13.6. The lowest BCUT2D eigenvalue weighted by atomic mass is 9.74. The number of rotatable bonds is 10. The lowest BCUT2D eigenvalue weighted by molar-refractivity contribution is -0.178. The van der Waals surface area contributed by atoms with Gasteiger partial charge >= 0.3 is 0 Å². The maximum Gasteiger partial charge on any atom is 0.224 e. The summed E-state index contributed by atoms with van der Waals surface area (Å²) in [6, 6.07) is 10.1. The predicted octanol–water partition coefficient (Wildman–Crippen LogP) is 4.02. The number of carbonyl (C=O) groups excluding carboxylic acids is 1. The Morgan fingerprint density at radius 3 is 2.64 bits per heavy atom. The van der Waals surface area contributed by atoms with Crippen LogP contribution in [0.25, 0.3) is 0 Å². The van der Waals surface area contributed by atoms with Crippen LogP contribution in [0.2, 0.25) is 0 Å². The molecule has 2 aliphatic rings. The van der Waals surface area contributed by atoms with Gasteiger partial charge in [0.1, 0.15) is 11.9 Å². The monoisotopic (exact) mass is 536 g/mol. The van der Waals surface area contributed by atoms with E-state index in [0.29, 0.717) is 43.2 Å². The second-order valence-corrected chi connectivity index (χ2v) is 11.4. The third-order valence-electron chi connectivity index (χ3n) is 7.99. The Hall–Kier alpha value is -3.35. The van der Waals surface area contributed by atoms with E-state index in [1.807, 2.05) is 24.0 Å². The van der Waals surface area contributed by atoms with E-state index in [4.69, 9.17) is 14.2 Å². The number of nitrogens with zero attached hydrogens (tertiary/aromatic N) is 4. The second-order valence-electron chi connectivity index (χ2n) is 11.4. The Morgan fingerprint density at radius 2 is 2.00 bits per heavy atom. The number of benzene rings is 1. The SMILES string of the molecule is CCC1(C)CN(C(=O)CCOC(C)(C)O)CC1c1ccc(OC)c(OC2CN(c3cc(C#N)c(C)cn3)C2)c1. The van der Waals surface area contributed by atoms with Gasteiger partial charge in [-0.1, -0.05) is 19.9 Å². The van der Waals surface area contributed by atoms with Crippen molar-refractivity contribution >= 4 is 11.7 Å². The van der Waals surface area contributed by atoms with Crippen molar-refractivity contribution in [1.82, 2.24) is 9.88 Å². The average Bonchev–Trinajstić information content (AvgIpc) is 3.23. The fraction of sp³-hybridized carbons (Fsp3) is 0.567. The Labute approximate surface area is 231 Å². The highest BCUT2D eigenvalue weighted by molar-refractivity contribution is 5.77. The number of likely N-dealkylation sites (tertiary alicyclic amines) is 1. The fourth-order valence-electron chi connectivity index (χ4n) is 5.34. The summed E-state index contributed by atoms with van der Waals surface area (Å²) in [5.41, 5.74) is 2.53. The first-order chi connectivity index (χ1) is 18.5. The largest absolute Gasteiger partial charge is 0.493 e. The van der Waals surface area contributed by atoms with E-state index in [-0.39, 0.29) is 36.4 Å². The van der Waals surface area contributed by atoms with Crippen LogP contribution < -0.4 is 14.4 Å². The van der Waals surface area contributed by atoms with Gasteiger partial charge in [-0.05, 0) is 61.9 Å². The topological polar surface area (TPSA) is 108 Å². The minimum atomic E-state index is -1.25. The molecule has 1 amide bonds. The number of aromatic nitrogens is 1. The van der Waals surface area contributed by atoms with Crippen molar-refractivity contribution < 1.29 is 24.1 Å². The van der Waals surface area contributed by atoms with E-state index in [0.717, 1.165) is 23.4 Å². The van der Waals surface area contributed by atoms with Crippen LogP contribution in [0.1, 0.15) is 63.1 Å². The molecule has 2 aromatic rings. The van der Waals surface area contributed by atoms with Gasteiger partial charge in [0.05, 0.1) is 44.9 Å². The molecule has 0 saturated carbocycles. The van der Waals surface area contributed by atoms with Crippen LogP contribution in [-0.2, 0) is 9.53 Å². The van der Waals surface area contributed by atoms with Gasteiger partial charge in [0.15, 0.2) is 17.3 Å². The summed E-state index contributed by atoms with van der Waals surface area (Å²) < 4.78 is 17.3. The first-order valence-electron chi connectivity index (χ1n) is 13.6. The van der Waals surface area contributed by atoms with E-state index in [1.165, 1.54) is 0 Å². The molecule has 1 aromatic heterocycles. The van der Waals surface area contributed by atoms with E-state index in [1.54, 1.807) is 27.2 Å². The number of amides is 1. The molecule has 2 atom stereocenters. The van der Waals surface area contributed by atoms with Crippen molar-refractivity contribution in [3.05, 3.63) is 47.2 Å². The Morgan fingerprint density at radius 1 is 1.26 bits per heavy atom.